The molecule has 2 aromatic heterocycles. The molecule has 0 saturated carbocycles. The highest BCUT2D eigenvalue weighted by atomic mass is 32.2. The molecular formula is C28H29N7O7S. The molecule has 6 rings (SSSR count). The lowest BCUT2D eigenvalue weighted by Gasteiger charge is -2.34. The van der Waals surface area contributed by atoms with Crippen LogP contribution in [0.5, 0.6) is 5.75 Å². The molecule has 0 spiro atoms. The van der Waals surface area contributed by atoms with E-state index in [9.17, 15) is 22.8 Å². The van der Waals surface area contributed by atoms with Gasteiger partial charge >= 0.3 is 0 Å². The van der Waals surface area contributed by atoms with Crippen molar-refractivity contribution < 1.29 is 32.1 Å². The van der Waals surface area contributed by atoms with Crippen molar-refractivity contribution in [3.05, 3.63) is 54.0 Å². The number of fused-ring (bicyclic) bond motifs is 1. The van der Waals surface area contributed by atoms with Gasteiger partial charge in [-0.05, 0) is 24.6 Å². The number of amides is 3. The molecule has 2 aliphatic rings. The lowest BCUT2D eigenvalue weighted by molar-refractivity contribution is -0.135. The molecular weight excluding hydrogens is 578 g/mol. The van der Waals surface area contributed by atoms with Crippen molar-refractivity contribution in [1.82, 2.24) is 34.4 Å². The average Bonchev–Trinajstić information content (AvgIpc) is 3.59. The van der Waals surface area contributed by atoms with Gasteiger partial charge in [0.25, 0.3) is 5.91 Å². The number of hydrogen-bond acceptors (Lipinski definition) is 10. The molecule has 4 heterocycles. The first-order valence-electron chi connectivity index (χ1n) is 13.7. The summed E-state index contributed by atoms with van der Waals surface area (Å²) in [4.78, 5) is 42.9. The number of hydrogen-bond donors (Lipinski definition) is 1. The Hall–Kier alpha value is -4.63. The summed E-state index contributed by atoms with van der Waals surface area (Å²) >= 11 is 0. The van der Waals surface area contributed by atoms with Crippen molar-refractivity contribution in [2.45, 2.75) is 30.6 Å². The minimum atomic E-state index is -3.81. The van der Waals surface area contributed by atoms with E-state index in [1.165, 1.54) is 16.4 Å². The van der Waals surface area contributed by atoms with Crippen molar-refractivity contribution in [2.75, 3.05) is 32.8 Å². The third kappa shape index (κ3) is 5.48. The Balaban J connectivity index is 1.10. The van der Waals surface area contributed by atoms with Gasteiger partial charge in [-0.2, -0.15) is 14.4 Å². The normalized spacial score (nSPS) is 18.2. The summed E-state index contributed by atoms with van der Waals surface area (Å²) in [6.07, 6.45) is 0.603. The van der Waals surface area contributed by atoms with Gasteiger partial charge < -0.3 is 14.2 Å². The zero-order valence-electron chi connectivity index (χ0n) is 23.5. The van der Waals surface area contributed by atoms with Gasteiger partial charge in [0.05, 0.1) is 16.5 Å². The maximum absolute atomic E-state index is 13.4. The molecule has 0 bridgehead atoms. The van der Waals surface area contributed by atoms with Crippen LogP contribution in [0.2, 0.25) is 0 Å². The number of sulfonamides is 1. The van der Waals surface area contributed by atoms with E-state index in [1.54, 1.807) is 47.8 Å². The van der Waals surface area contributed by atoms with Crippen LogP contribution in [-0.2, 0) is 31.5 Å². The Labute approximate surface area is 246 Å². The van der Waals surface area contributed by atoms with Crippen LogP contribution in [0, 0.1) is 6.92 Å². The summed E-state index contributed by atoms with van der Waals surface area (Å²) in [6, 6.07) is 11.7. The number of para-hydroxylation sites is 1. The first-order valence-corrected chi connectivity index (χ1v) is 15.2. The summed E-state index contributed by atoms with van der Waals surface area (Å²) in [6.45, 7) is 2.08. The SMILES string of the molecule is Cc1nc(-c2cccc(S(=O)(=O)N3CCN(C(=O)COc4cccc5c(C6CCC(=O)NC6=O)nn(C)c45)CC3)c2)no1. The van der Waals surface area contributed by atoms with Crippen molar-refractivity contribution in [2.24, 2.45) is 7.05 Å². The molecule has 1 atom stereocenters. The van der Waals surface area contributed by atoms with Crippen LogP contribution in [0.3, 0.4) is 0 Å². The van der Waals surface area contributed by atoms with E-state index in [-0.39, 0.29) is 61.8 Å². The van der Waals surface area contributed by atoms with Crippen LogP contribution in [0.15, 0.2) is 51.9 Å². The summed E-state index contributed by atoms with van der Waals surface area (Å²) in [5, 5.41) is 11.5. The van der Waals surface area contributed by atoms with E-state index < -0.39 is 15.9 Å². The number of imide groups is 1. The van der Waals surface area contributed by atoms with E-state index in [0.717, 1.165) is 0 Å². The lowest BCUT2D eigenvalue weighted by atomic mass is 9.93. The number of piperazine rings is 1. The molecule has 1 N–H and O–H groups in total. The number of nitrogens with one attached hydrogen (secondary N) is 1. The van der Waals surface area contributed by atoms with E-state index in [0.29, 0.717) is 46.0 Å². The topological polar surface area (TPSA) is 170 Å². The zero-order chi connectivity index (χ0) is 30.3. The molecule has 4 aromatic rings. The molecule has 2 aliphatic heterocycles. The Kier molecular flexibility index (Phi) is 7.43. The van der Waals surface area contributed by atoms with Gasteiger partial charge in [0.1, 0.15) is 11.3 Å². The minimum absolute atomic E-state index is 0.108. The van der Waals surface area contributed by atoms with Crippen LogP contribution in [0.1, 0.15) is 30.3 Å². The molecule has 2 saturated heterocycles. The number of ether oxygens (including phenoxy) is 1. The Morgan fingerprint density at radius 2 is 1.88 bits per heavy atom. The van der Waals surface area contributed by atoms with E-state index in [2.05, 4.69) is 20.6 Å². The van der Waals surface area contributed by atoms with Crippen LogP contribution in [0.25, 0.3) is 22.3 Å². The Bertz CT molecular complexity index is 1840. The van der Waals surface area contributed by atoms with Crippen LogP contribution >= 0.6 is 0 Å². The van der Waals surface area contributed by atoms with E-state index in [1.807, 2.05) is 6.07 Å². The molecule has 0 aliphatic carbocycles. The molecule has 2 fully saturated rings. The van der Waals surface area contributed by atoms with Crippen molar-refractivity contribution >= 4 is 38.6 Å². The van der Waals surface area contributed by atoms with Gasteiger partial charge in [0.15, 0.2) is 6.61 Å². The fourth-order valence-corrected chi connectivity index (χ4v) is 6.90. The maximum atomic E-state index is 13.4. The maximum Gasteiger partial charge on any atom is 0.260 e. The predicted molar refractivity (Wildman–Crippen MR) is 151 cm³/mol. The molecule has 43 heavy (non-hydrogen) atoms. The minimum Gasteiger partial charge on any atom is -0.481 e. The second kappa shape index (κ2) is 11.2. The third-order valence-corrected chi connectivity index (χ3v) is 9.52. The van der Waals surface area contributed by atoms with E-state index in [4.69, 9.17) is 9.26 Å². The molecule has 2 aromatic carbocycles. The number of rotatable bonds is 7. The average molecular weight is 608 g/mol. The van der Waals surface area contributed by atoms with Gasteiger partial charge in [0, 0.05) is 57.5 Å². The molecule has 1 unspecified atom stereocenters. The molecule has 3 amide bonds. The number of nitrogens with zero attached hydrogens (tertiary/aromatic N) is 6. The fourth-order valence-electron chi connectivity index (χ4n) is 5.43. The second-order valence-corrected chi connectivity index (χ2v) is 12.3. The Morgan fingerprint density at radius 1 is 1.12 bits per heavy atom. The van der Waals surface area contributed by atoms with Crippen molar-refractivity contribution in [1.29, 1.82) is 0 Å². The molecule has 0 radical (unpaired) electrons. The van der Waals surface area contributed by atoms with Crippen LogP contribution in [-0.4, -0.2) is 88.1 Å². The first-order chi connectivity index (χ1) is 20.6. The van der Waals surface area contributed by atoms with Gasteiger partial charge in [-0.1, -0.05) is 29.4 Å². The lowest BCUT2D eigenvalue weighted by Crippen LogP contribution is -2.51. The van der Waals surface area contributed by atoms with Crippen molar-refractivity contribution in [3.63, 3.8) is 0 Å². The van der Waals surface area contributed by atoms with Crippen LogP contribution < -0.4 is 10.1 Å². The monoisotopic (exact) mass is 607 g/mol. The summed E-state index contributed by atoms with van der Waals surface area (Å²) < 4.78 is 40.6. The first kappa shape index (κ1) is 28.5. The van der Waals surface area contributed by atoms with Gasteiger partial charge in [-0.15, -0.1) is 0 Å². The van der Waals surface area contributed by atoms with Gasteiger partial charge in [0.2, 0.25) is 33.6 Å². The zero-order valence-corrected chi connectivity index (χ0v) is 24.3. The van der Waals surface area contributed by atoms with Gasteiger partial charge in [-0.25, -0.2) is 8.42 Å². The smallest absolute Gasteiger partial charge is 0.260 e. The predicted octanol–water partition coefficient (Wildman–Crippen LogP) is 1.36. The number of piperidine rings is 1. The van der Waals surface area contributed by atoms with E-state index >= 15 is 0 Å². The molecule has 15 heteroatoms. The fraction of sp³-hybridized carbons (Fsp3) is 0.357. The highest BCUT2D eigenvalue weighted by molar-refractivity contribution is 7.89. The summed E-state index contributed by atoms with van der Waals surface area (Å²) in [7, 11) is -2.08. The third-order valence-electron chi connectivity index (χ3n) is 7.63. The Morgan fingerprint density at radius 3 is 2.60 bits per heavy atom. The number of carbonyl (C=O) groups is 3. The number of carbonyl (C=O) groups excluding carboxylic acids is 3. The molecule has 224 valence electrons. The highest BCUT2D eigenvalue weighted by Crippen LogP contribution is 2.34. The standard InChI is InChI=1S/C28H29N7O7S/c1-17-29-27(32-42-17)18-5-3-6-19(15-18)43(39,40)35-13-11-34(12-14-35)24(37)16-41-22-8-4-7-20-25(31-33(2)26(20)22)21-9-10-23(36)30-28(21)38/h3-8,15,21H,9-14,16H2,1-2H3,(H,30,36,38). The quantitative estimate of drug-likeness (QED) is 0.303. The highest BCUT2D eigenvalue weighted by Gasteiger charge is 2.33. The summed E-state index contributed by atoms with van der Waals surface area (Å²) in [5.41, 5.74) is 1.70. The largest absolute Gasteiger partial charge is 0.481 e. The molecule has 14 nitrogen and oxygen atoms in total. The number of benzene rings is 2. The van der Waals surface area contributed by atoms with Gasteiger partial charge in [-0.3, -0.25) is 24.4 Å². The second-order valence-electron chi connectivity index (χ2n) is 10.4. The van der Waals surface area contributed by atoms with Crippen molar-refractivity contribution in [3.8, 4) is 17.1 Å². The number of aromatic nitrogens is 4. The number of aryl methyl sites for hydroxylation is 2. The summed E-state index contributed by atoms with van der Waals surface area (Å²) in [5.74, 6) is -0.410. The van der Waals surface area contributed by atoms with Crippen LogP contribution in [0.4, 0.5) is 0 Å².